The van der Waals surface area contributed by atoms with Crippen molar-refractivity contribution in [1.82, 2.24) is 9.80 Å². The second kappa shape index (κ2) is 6.23. The lowest BCUT2D eigenvalue weighted by Gasteiger charge is -2.49. The first-order valence-corrected chi connectivity index (χ1v) is 7.40. The summed E-state index contributed by atoms with van der Waals surface area (Å²) in [5, 5.41) is 9.10. The second-order valence-corrected chi connectivity index (χ2v) is 6.14. The fourth-order valence-corrected chi connectivity index (χ4v) is 3.07. The Morgan fingerprint density at radius 2 is 1.87 bits per heavy atom. The molecule has 1 atom stereocenters. The number of rotatable bonds is 4. The van der Waals surface area contributed by atoms with Gasteiger partial charge in [0.25, 0.3) is 0 Å². The summed E-state index contributed by atoms with van der Waals surface area (Å²) in [7, 11) is 0. The van der Waals surface area contributed by atoms with Gasteiger partial charge in [0.2, 0.25) is 5.91 Å². The lowest BCUT2D eigenvalue weighted by molar-refractivity contribution is -0.160. The van der Waals surface area contributed by atoms with Gasteiger partial charge in [-0.2, -0.15) is 0 Å². The third-order valence-electron chi connectivity index (χ3n) is 4.30. The number of benzene rings is 1. The number of nitrogens with zero attached hydrogens (tertiary/aromatic N) is 2. The van der Waals surface area contributed by atoms with Crippen molar-refractivity contribution in [2.45, 2.75) is 32.4 Å². The van der Waals surface area contributed by atoms with Gasteiger partial charge in [-0.1, -0.05) is 6.92 Å². The van der Waals surface area contributed by atoms with Gasteiger partial charge >= 0.3 is 5.97 Å². The fourth-order valence-electron chi connectivity index (χ4n) is 3.07. The van der Waals surface area contributed by atoms with Crippen molar-refractivity contribution in [2.24, 2.45) is 0 Å². The van der Waals surface area contributed by atoms with Crippen molar-refractivity contribution in [3.63, 3.8) is 0 Å². The maximum absolute atomic E-state index is 13.5. The molecule has 1 unspecified atom stereocenters. The van der Waals surface area contributed by atoms with Crippen molar-refractivity contribution in [2.75, 3.05) is 19.6 Å². The summed E-state index contributed by atoms with van der Waals surface area (Å²) in [6.07, 6.45) is 0. The van der Waals surface area contributed by atoms with Crippen LogP contribution in [0.2, 0.25) is 0 Å². The smallest absolute Gasteiger partial charge is 0.323 e. The Balaban J connectivity index is 2.48. The molecule has 126 valence electrons. The van der Waals surface area contributed by atoms with E-state index in [0.717, 1.165) is 18.2 Å². The van der Waals surface area contributed by atoms with Crippen LogP contribution in [-0.4, -0.2) is 52.0 Å². The largest absolute Gasteiger partial charge is 0.480 e. The molecule has 0 aromatic heterocycles. The first kappa shape index (κ1) is 17.3. The third kappa shape index (κ3) is 3.34. The highest BCUT2D eigenvalue weighted by atomic mass is 19.1. The monoisotopic (exact) mass is 326 g/mol. The molecule has 0 spiro atoms. The highest BCUT2D eigenvalue weighted by molar-refractivity contribution is 5.89. The van der Waals surface area contributed by atoms with E-state index >= 15 is 0 Å². The number of carbonyl (C=O) groups excluding carboxylic acids is 1. The maximum Gasteiger partial charge on any atom is 0.323 e. The summed E-state index contributed by atoms with van der Waals surface area (Å²) in [6, 6.07) is 2.32. The van der Waals surface area contributed by atoms with Crippen LogP contribution in [0.3, 0.4) is 0 Å². The zero-order valence-corrected chi connectivity index (χ0v) is 13.3. The molecule has 5 nitrogen and oxygen atoms in total. The van der Waals surface area contributed by atoms with Crippen LogP contribution in [0, 0.1) is 11.6 Å². The average molecular weight is 326 g/mol. The minimum absolute atomic E-state index is 0.256. The van der Waals surface area contributed by atoms with Gasteiger partial charge < -0.3 is 10.0 Å². The quantitative estimate of drug-likeness (QED) is 0.920. The standard InChI is InChI=1S/C16H20F2N2O3/c1-4-19-8-13(10-5-11(17)7-12(18)6-10)20(9-14(21)22)15(23)16(19,2)3/h5-7,13H,4,8-9H2,1-3H3,(H,21,22). The topological polar surface area (TPSA) is 60.9 Å². The van der Waals surface area contributed by atoms with E-state index in [1.54, 1.807) is 13.8 Å². The maximum atomic E-state index is 13.5. The lowest BCUT2D eigenvalue weighted by Crippen LogP contribution is -2.64. The summed E-state index contributed by atoms with van der Waals surface area (Å²) in [5.74, 6) is -3.05. The van der Waals surface area contributed by atoms with Crippen LogP contribution >= 0.6 is 0 Å². The Morgan fingerprint density at radius 1 is 1.30 bits per heavy atom. The number of likely N-dealkylation sites (N-methyl/N-ethyl adjacent to an activating group) is 1. The van der Waals surface area contributed by atoms with Gasteiger partial charge in [-0.3, -0.25) is 14.5 Å². The molecule has 1 saturated heterocycles. The highest BCUT2D eigenvalue weighted by Crippen LogP contribution is 2.34. The van der Waals surface area contributed by atoms with Crippen molar-refractivity contribution in [1.29, 1.82) is 0 Å². The van der Waals surface area contributed by atoms with E-state index in [-0.39, 0.29) is 11.5 Å². The molecule has 2 rings (SSSR count). The normalized spacial score (nSPS) is 21.5. The van der Waals surface area contributed by atoms with Gasteiger partial charge in [0.1, 0.15) is 18.2 Å². The van der Waals surface area contributed by atoms with Crippen LogP contribution < -0.4 is 0 Å². The van der Waals surface area contributed by atoms with E-state index in [1.165, 1.54) is 4.90 Å². The SMILES string of the molecule is CCN1CC(c2cc(F)cc(F)c2)N(CC(=O)O)C(=O)C1(C)C. The summed E-state index contributed by atoms with van der Waals surface area (Å²) >= 11 is 0. The van der Waals surface area contributed by atoms with E-state index < -0.39 is 35.7 Å². The number of hydrogen-bond acceptors (Lipinski definition) is 3. The first-order chi connectivity index (χ1) is 10.7. The number of aliphatic carboxylic acids is 1. The van der Waals surface area contributed by atoms with E-state index in [9.17, 15) is 18.4 Å². The molecule has 1 N–H and O–H groups in total. The molecule has 0 bridgehead atoms. The van der Waals surface area contributed by atoms with E-state index in [1.807, 2.05) is 11.8 Å². The van der Waals surface area contributed by atoms with Crippen LogP contribution in [0.4, 0.5) is 8.78 Å². The number of amides is 1. The zero-order valence-electron chi connectivity index (χ0n) is 13.3. The number of hydrogen-bond donors (Lipinski definition) is 1. The molecule has 0 aliphatic carbocycles. The fraction of sp³-hybridized carbons (Fsp3) is 0.500. The zero-order chi connectivity index (χ0) is 17.4. The van der Waals surface area contributed by atoms with Crippen LogP contribution in [0.5, 0.6) is 0 Å². The minimum atomic E-state index is -1.17. The van der Waals surface area contributed by atoms with Crippen LogP contribution in [0.15, 0.2) is 18.2 Å². The van der Waals surface area contributed by atoms with Gasteiger partial charge in [-0.05, 0) is 38.1 Å². The highest BCUT2D eigenvalue weighted by Gasteiger charge is 2.46. The van der Waals surface area contributed by atoms with Crippen molar-refractivity contribution in [3.05, 3.63) is 35.4 Å². The van der Waals surface area contributed by atoms with Gasteiger partial charge in [0.05, 0.1) is 11.6 Å². The van der Waals surface area contributed by atoms with Gasteiger partial charge in [0, 0.05) is 12.6 Å². The Bertz CT molecular complexity index is 614. The molecule has 1 aromatic rings. The molecular formula is C16H20F2N2O3. The molecule has 1 fully saturated rings. The van der Waals surface area contributed by atoms with E-state index in [0.29, 0.717) is 13.1 Å². The van der Waals surface area contributed by atoms with Crippen LogP contribution in [0.1, 0.15) is 32.4 Å². The Morgan fingerprint density at radius 3 is 2.35 bits per heavy atom. The Kier molecular flexibility index (Phi) is 4.70. The number of carboxylic acids is 1. The van der Waals surface area contributed by atoms with Crippen molar-refractivity contribution in [3.8, 4) is 0 Å². The molecule has 1 heterocycles. The number of halogens is 2. The molecule has 0 saturated carbocycles. The third-order valence-corrected chi connectivity index (χ3v) is 4.30. The van der Waals surface area contributed by atoms with Gasteiger partial charge in [-0.25, -0.2) is 8.78 Å². The van der Waals surface area contributed by atoms with Gasteiger partial charge in [-0.15, -0.1) is 0 Å². The van der Waals surface area contributed by atoms with E-state index in [2.05, 4.69) is 0 Å². The Hall–Kier alpha value is -2.02. The summed E-state index contributed by atoms with van der Waals surface area (Å²) in [4.78, 5) is 26.9. The molecule has 1 amide bonds. The molecule has 1 aliphatic heterocycles. The summed E-state index contributed by atoms with van der Waals surface area (Å²) in [6.45, 7) is 5.68. The van der Waals surface area contributed by atoms with Crippen LogP contribution in [-0.2, 0) is 9.59 Å². The molecule has 7 heteroatoms. The molecule has 23 heavy (non-hydrogen) atoms. The van der Waals surface area contributed by atoms with Gasteiger partial charge in [0.15, 0.2) is 0 Å². The molecular weight excluding hydrogens is 306 g/mol. The number of piperazine rings is 1. The van der Waals surface area contributed by atoms with Crippen LogP contribution in [0.25, 0.3) is 0 Å². The predicted molar refractivity (Wildman–Crippen MR) is 79.8 cm³/mol. The summed E-state index contributed by atoms with van der Waals surface area (Å²) < 4.78 is 27.1. The number of carbonyl (C=O) groups is 2. The number of carboxylic acid groups (broad SMARTS) is 1. The first-order valence-electron chi connectivity index (χ1n) is 7.40. The predicted octanol–water partition coefficient (Wildman–Crippen LogP) is 2.03. The Labute approximate surface area is 133 Å². The summed E-state index contributed by atoms with van der Waals surface area (Å²) in [5.41, 5.74) is -0.613. The lowest BCUT2D eigenvalue weighted by atomic mass is 9.91. The average Bonchev–Trinajstić information content (AvgIpc) is 2.43. The second-order valence-electron chi connectivity index (χ2n) is 6.14. The molecule has 1 aromatic carbocycles. The van der Waals surface area contributed by atoms with Crippen molar-refractivity contribution < 1.29 is 23.5 Å². The molecule has 0 radical (unpaired) electrons. The minimum Gasteiger partial charge on any atom is -0.480 e. The van der Waals surface area contributed by atoms with Crippen molar-refractivity contribution >= 4 is 11.9 Å². The van der Waals surface area contributed by atoms with E-state index in [4.69, 9.17) is 5.11 Å². The molecule has 1 aliphatic rings.